The number of hydrogen-bond acceptors (Lipinski definition) is 6. The summed E-state index contributed by atoms with van der Waals surface area (Å²) in [4.78, 5) is 27.7. The summed E-state index contributed by atoms with van der Waals surface area (Å²) in [6.07, 6.45) is -1.99. The summed E-state index contributed by atoms with van der Waals surface area (Å²) in [6, 6.07) is 0.813. The van der Waals surface area contributed by atoms with Crippen molar-refractivity contribution in [3.63, 3.8) is 0 Å². The third-order valence-electron chi connectivity index (χ3n) is 6.78. The largest absolute Gasteiger partial charge is 0.492 e. The normalized spacial score (nSPS) is 19.9. The maximum Gasteiger partial charge on any atom is 0.401 e. The lowest BCUT2D eigenvalue weighted by Crippen LogP contribution is -2.40. The van der Waals surface area contributed by atoms with Crippen molar-refractivity contribution in [1.82, 2.24) is 14.3 Å². The predicted molar refractivity (Wildman–Crippen MR) is 123 cm³/mol. The Bertz CT molecular complexity index is 1380. The zero-order valence-corrected chi connectivity index (χ0v) is 19.4. The Morgan fingerprint density at radius 1 is 1.29 bits per heavy atom. The van der Waals surface area contributed by atoms with Crippen molar-refractivity contribution in [1.29, 1.82) is 0 Å². The molecule has 2 aliphatic rings. The number of aromatic amines is 1. The van der Waals surface area contributed by atoms with E-state index in [9.17, 15) is 22.8 Å². The number of benzene rings is 1. The molecule has 3 heterocycles. The summed E-state index contributed by atoms with van der Waals surface area (Å²) in [5, 5.41) is 2.62. The molecular formula is C22H24F4N4O3S. The van der Waals surface area contributed by atoms with E-state index in [0.717, 1.165) is 30.4 Å². The molecule has 2 aromatic heterocycles. The van der Waals surface area contributed by atoms with Crippen LogP contribution >= 0.6 is 11.5 Å². The molecule has 1 saturated heterocycles. The molecule has 3 aromatic rings. The monoisotopic (exact) mass is 500 g/mol. The number of alkyl halides is 3. The van der Waals surface area contributed by atoms with Crippen LogP contribution in [0.2, 0.25) is 0 Å². The van der Waals surface area contributed by atoms with E-state index in [0.29, 0.717) is 29.9 Å². The third kappa shape index (κ3) is 3.86. The van der Waals surface area contributed by atoms with Crippen molar-refractivity contribution in [2.24, 2.45) is 5.92 Å². The van der Waals surface area contributed by atoms with Gasteiger partial charge in [0.25, 0.3) is 5.56 Å². The average molecular weight is 501 g/mol. The molecule has 1 unspecified atom stereocenters. The Morgan fingerprint density at radius 3 is 2.68 bits per heavy atom. The van der Waals surface area contributed by atoms with Crippen molar-refractivity contribution in [3.05, 3.63) is 32.5 Å². The summed E-state index contributed by atoms with van der Waals surface area (Å²) in [7, 11) is 1.41. The molecule has 34 heavy (non-hydrogen) atoms. The van der Waals surface area contributed by atoms with E-state index in [1.165, 1.54) is 7.11 Å². The van der Waals surface area contributed by atoms with Gasteiger partial charge in [0, 0.05) is 25.2 Å². The van der Waals surface area contributed by atoms with Crippen LogP contribution in [0.4, 0.5) is 23.2 Å². The molecule has 184 valence electrons. The van der Waals surface area contributed by atoms with Crippen molar-refractivity contribution < 1.29 is 22.3 Å². The van der Waals surface area contributed by atoms with Crippen LogP contribution in [0.1, 0.15) is 32.2 Å². The summed E-state index contributed by atoms with van der Waals surface area (Å²) >= 11 is 1.07. The number of rotatable bonds is 6. The minimum absolute atomic E-state index is 0.0180. The number of aromatic nitrogens is 2. The minimum atomic E-state index is -4.30. The smallest absolute Gasteiger partial charge is 0.401 e. The van der Waals surface area contributed by atoms with Crippen molar-refractivity contribution in [2.75, 3.05) is 31.6 Å². The molecule has 5 rings (SSSR count). The fourth-order valence-electron chi connectivity index (χ4n) is 4.93. The van der Waals surface area contributed by atoms with Crippen LogP contribution < -0.4 is 25.9 Å². The van der Waals surface area contributed by atoms with Gasteiger partial charge in [-0.1, -0.05) is 0 Å². The molecule has 1 aliphatic heterocycles. The molecule has 2 N–H and O–H groups in total. The molecule has 0 spiro atoms. The van der Waals surface area contributed by atoms with Crippen molar-refractivity contribution in [2.45, 2.75) is 44.4 Å². The fraction of sp³-hybridized carbons (Fsp3) is 0.545. The zero-order chi connectivity index (χ0) is 24.4. The lowest BCUT2D eigenvalue weighted by Gasteiger charge is -2.26. The van der Waals surface area contributed by atoms with E-state index in [1.807, 2.05) is 4.57 Å². The first kappa shape index (κ1) is 23.2. The first-order valence-electron chi connectivity index (χ1n) is 11.1. The molecular weight excluding hydrogens is 476 g/mol. The van der Waals surface area contributed by atoms with Gasteiger partial charge in [0.15, 0.2) is 11.6 Å². The van der Waals surface area contributed by atoms with Crippen LogP contribution in [0.3, 0.4) is 0 Å². The summed E-state index contributed by atoms with van der Waals surface area (Å²) < 4.78 is 63.5. The standard InChI is InChI=1S/C22H24F4N4O3S/c1-10(27-9-22(24,25)26)11-5-6-29(8-11)17-14(23)7-13-16(19(17)33-2)30(12-3-4-12)21-15(18(13)31)20(32)28-34-21/h7,10-12,27H,3-6,8-9H2,1-2H3,(H,28,32)/t10?,11-/m1/s1. The number of nitrogens with zero attached hydrogens (tertiary/aromatic N) is 2. The molecule has 1 aliphatic carbocycles. The van der Waals surface area contributed by atoms with E-state index < -0.39 is 35.6 Å². The van der Waals surface area contributed by atoms with Gasteiger partial charge in [-0.25, -0.2) is 4.39 Å². The molecule has 1 aromatic carbocycles. The summed E-state index contributed by atoms with van der Waals surface area (Å²) in [6.45, 7) is 1.40. The Balaban J connectivity index is 1.60. The lowest BCUT2D eigenvalue weighted by molar-refractivity contribution is -0.126. The number of hydrogen-bond donors (Lipinski definition) is 2. The molecule has 0 amide bonds. The number of methoxy groups -OCH3 is 1. The first-order chi connectivity index (χ1) is 16.1. The number of halogens is 4. The van der Waals surface area contributed by atoms with Gasteiger partial charge in [0.1, 0.15) is 15.9 Å². The fourth-order valence-corrected chi connectivity index (χ4v) is 5.85. The van der Waals surface area contributed by atoms with Crippen LogP contribution in [0, 0.1) is 11.7 Å². The molecule has 0 bridgehead atoms. The van der Waals surface area contributed by atoms with Crippen LogP contribution in [0.15, 0.2) is 15.7 Å². The SMILES string of the molecule is COc1c(N2CC[C@@H](C(C)NCC(F)(F)F)C2)c(F)cc2c(=O)c3c(=O)[nH]sc3n(C3CC3)c12. The quantitative estimate of drug-likeness (QED) is 0.504. The minimum Gasteiger partial charge on any atom is -0.492 e. The summed E-state index contributed by atoms with van der Waals surface area (Å²) in [5.74, 6) is -0.574. The van der Waals surface area contributed by atoms with Gasteiger partial charge in [-0.05, 0) is 49.7 Å². The predicted octanol–water partition coefficient (Wildman–Crippen LogP) is 3.75. The van der Waals surface area contributed by atoms with Crippen LogP contribution in [0.25, 0.3) is 21.1 Å². The highest BCUT2D eigenvalue weighted by molar-refractivity contribution is 7.12. The number of anilines is 1. The second kappa shape index (κ2) is 8.26. The lowest BCUT2D eigenvalue weighted by atomic mass is 10.0. The molecule has 2 atom stereocenters. The Labute approximate surface area is 195 Å². The van der Waals surface area contributed by atoms with Gasteiger partial charge < -0.3 is 19.5 Å². The number of ether oxygens (including phenoxy) is 1. The van der Waals surface area contributed by atoms with Gasteiger partial charge in [-0.3, -0.25) is 14.0 Å². The Morgan fingerprint density at radius 2 is 2.03 bits per heavy atom. The van der Waals surface area contributed by atoms with E-state index in [4.69, 9.17) is 4.74 Å². The average Bonchev–Trinajstić information content (AvgIpc) is 3.36. The van der Waals surface area contributed by atoms with Crippen LogP contribution in [-0.2, 0) is 0 Å². The highest BCUT2D eigenvalue weighted by Crippen LogP contribution is 2.46. The zero-order valence-electron chi connectivity index (χ0n) is 18.6. The van der Waals surface area contributed by atoms with E-state index >= 15 is 4.39 Å². The second-order valence-electron chi connectivity index (χ2n) is 9.06. The maximum atomic E-state index is 15.5. The highest BCUT2D eigenvalue weighted by atomic mass is 32.1. The van der Waals surface area contributed by atoms with Gasteiger partial charge in [0.2, 0.25) is 5.43 Å². The number of pyridine rings is 1. The number of nitrogens with one attached hydrogen (secondary N) is 2. The van der Waals surface area contributed by atoms with E-state index in [-0.39, 0.29) is 34.2 Å². The first-order valence-corrected chi connectivity index (χ1v) is 11.9. The Kier molecular flexibility index (Phi) is 5.63. The van der Waals surface area contributed by atoms with Gasteiger partial charge >= 0.3 is 6.18 Å². The highest BCUT2D eigenvalue weighted by Gasteiger charge is 2.36. The van der Waals surface area contributed by atoms with Crippen LogP contribution in [-0.4, -0.2) is 47.9 Å². The van der Waals surface area contributed by atoms with E-state index in [2.05, 4.69) is 9.69 Å². The molecule has 7 nitrogen and oxygen atoms in total. The number of fused-ring (bicyclic) bond motifs is 2. The van der Waals surface area contributed by atoms with Crippen molar-refractivity contribution >= 4 is 38.3 Å². The van der Waals surface area contributed by atoms with Crippen molar-refractivity contribution in [3.8, 4) is 5.75 Å². The van der Waals surface area contributed by atoms with Gasteiger partial charge in [-0.2, -0.15) is 13.2 Å². The molecule has 0 radical (unpaired) electrons. The van der Waals surface area contributed by atoms with Crippen LogP contribution in [0.5, 0.6) is 5.75 Å². The topological polar surface area (TPSA) is 79.4 Å². The second-order valence-corrected chi connectivity index (χ2v) is 9.85. The summed E-state index contributed by atoms with van der Waals surface area (Å²) in [5.41, 5.74) is -0.401. The Hall–Kier alpha value is -2.60. The maximum absolute atomic E-state index is 15.5. The molecule has 1 saturated carbocycles. The van der Waals surface area contributed by atoms with E-state index in [1.54, 1.807) is 11.8 Å². The molecule has 2 fully saturated rings. The van der Waals surface area contributed by atoms with Gasteiger partial charge in [0.05, 0.1) is 24.6 Å². The number of H-pyrrole nitrogens is 1. The van der Waals surface area contributed by atoms with Gasteiger partial charge in [-0.15, -0.1) is 0 Å². The molecule has 12 heteroatoms. The third-order valence-corrected chi connectivity index (χ3v) is 7.67.